The Balaban J connectivity index is 2.87. The zero-order chi connectivity index (χ0) is 30.6. The third-order valence-corrected chi connectivity index (χ3v) is 10.1. The van der Waals surface area contributed by atoms with E-state index in [2.05, 4.69) is 17.7 Å². The second-order valence-electron chi connectivity index (χ2n) is 9.93. The van der Waals surface area contributed by atoms with E-state index in [1.807, 2.05) is 20.8 Å². The topological polar surface area (TPSA) is 124 Å². The number of hydrogen-bond acceptors (Lipinski definition) is 11. The van der Waals surface area contributed by atoms with E-state index < -0.39 is 20.6 Å². The van der Waals surface area contributed by atoms with Crippen molar-refractivity contribution in [3.05, 3.63) is 0 Å². The normalized spacial score (nSPS) is 20.0. The summed E-state index contributed by atoms with van der Waals surface area (Å²) in [5.41, 5.74) is 2.15. The number of hydrogen-bond donors (Lipinski definition) is 2. The molecule has 12 nitrogen and oxygen atoms in total. The van der Waals surface area contributed by atoms with Crippen molar-refractivity contribution in [1.29, 1.82) is 0 Å². The minimum absolute atomic E-state index is 0.160. The fraction of sp³-hybridized carbons (Fsp3) is 0.966. The molecule has 0 aromatic carbocycles. The van der Waals surface area contributed by atoms with Gasteiger partial charge in [0.2, 0.25) is 5.91 Å². The lowest BCUT2D eigenvalue weighted by atomic mass is 10.1. The number of carbonyl (C=O) groups excluding carboxylic acids is 1. The number of amides is 1. The van der Waals surface area contributed by atoms with Gasteiger partial charge in [-0.3, -0.25) is 9.63 Å². The van der Waals surface area contributed by atoms with E-state index >= 15 is 0 Å². The van der Waals surface area contributed by atoms with Crippen molar-refractivity contribution >= 4 is 14.7 Å². The molecule has 0 bridgehead atoms. The van der Waals surface area contributed by atoms with E-state index in [0.717, 1.165) is 19.3 Å². The molecule has 1 saturated heterocycles. The number of rotatable bonds is 18. The van der Waals surface area contributed by atoms with Crippen LogP contribution in [0.2, 0.25) is 5.54 Å². The van der Waals surface area contributed by atoms with E-state index in [9.17, 15) is 4.79 Å². The molecule has 0 spiro atoms. The zero-order valence-corrected chi connectivity index (χ0v) is 27.8. The van der Waals surface area contributed by atoms with Crippen LogP contribution in [-0.4, -0.2) is 107 Å². The van der Waals surface area contributed by atoms with Gasteiger partial charge in [0.05, 0.1) is 59.5 Å². The molecule has 1 fully saturated rings. The van der Waals surface area contributed by atoms with Crippen molar-refractivity contribution in [2.45, 2.75) is 97.3 Å². The van der Waals surface area contributed by atoms with E-state index in [-0.39, 0.29) is 25.9 Å². The van der Waals surface area contributed by atoms with Gasteiger partial charge in [0.1, 0.15) is 12.3 Å². The van der Waals surface area contributed by atoms with E-state index in [1.165, 1.54) is 32.1 Å². The maximum Gasteiger partial charge on any atom is 0.513 e. The van der Waals surface area contributed by atoms with Crippen LogP contribution >= 0.6 is 0 Å². The summed E-state index contributed by atoms with van der Waals surface area (Å²) >= 11 is 0. The fourth-order valence-electron chi connectivity index (χ4n) is 4.58. The van der Waals surface area contributed by atoms with Crippen LogP contribution in [0.15, 0.2) is 0 Å². The van der Waals surface area contributed by atoms with Crippen molar-refractivity contribution in [3.8, 4) is 0 Å². The van der Waals surface area contributed by atoms with Gasteiger partial charge < -0.3 is 42.3 Å². The van der Waals surface area contributed by atoms with E-state index in [1.54, 1.807) is 0 Å². The first kappa shape index (κ1) is 39.3. The third kappa shape index (κ3) is 18.8. The Kier molecular flexibility index (Phi) is 26.0. The molecule has 250 valence electrons. The minimum Gasteiger partial charge on any atom is -0.377 e. The average Bonchev–Trinajstić information content (AvgIpc) is 2.97. The first-order valence-electron chi connectivity index (χ1n) is 16.1. The number of hydroxylamine groups is 1. The van der Waals surface area contributed by atoms with Gasteiger partial charge in [0, 0.05) is 19.8 Å². The Bertz CT molecular complexity index is 588. The molecule has 1 aliphatic heterocycles. The molecule has 0 aromatic heterocycles. The van der Waals surface area contributed by atoms with Gasteiger partial charge in [-0.05, 0) is 27.2 Å². The first-order chi connectivity index (χ1) is 20.6. The molecule has 42 heavy (non-hydrogen) atoms. The van der Waals surface area contributed by atoms with Crippen LogP contribution in [0.4, 0.5) is 0 Å². The quantitative estimate of drug-likeness (QED) is 0.170. The van der Waals surface area contributed by atoms with Crippen LogP contribution in [0.25, 0.3) is 0 Å². The second-order valence-corrected chi connectivity index (χ2v) is 12.7. The fourth-order valence-corrected chi connectivity index (χ4v) is 7.60. The highest BCUT2D eigenvalue weighted by atomic mass is 28.4. The summed E-state index contributed by atoms with van der Waals surface area (Å²) in [4.78, 5) is 19.1. The van der Waals surface area contributed by atoms with Crippen LogP contribution in [-0.2, 0) is 46.6 Å². The Morgan fingerprint density at radius 1 is 0.738 bits per heavy atom. The van der Waals surface area contributed by atoms with Gasteiger partial charge in [0.25, 0.3) is 0 Å². The lowest BCUT2D eigenvalue weighted by Gasteiger charge is -2.35. The van der Waals surface area contributed by atoms with E-state index in [0.29, 0.717) is 72.5 Å². The lowest BCUT2D eigenvalue weighted by molar-refractivity contribution is -0.131. The lowest BCUT2D eigenvalue weighted by Crippen LogP contribution is -2.56. The van der Waals surface area contributed by atoms with Gasteiger partial charge in [-0.1, -0.05) is 58.3 Å². The number of unbranched alkanes of at least 4 members (excludes halogenated alkanes) is 7. The molecule has 1 amide bonds. The van der Waals surface area contributed by atoms with Crippen LogP contribution < -0.4 is 10.8 Å². The highest BCUT2D eigenvalue weighted by Gasteiger charge is 2.53. The Morgan fingerprint density at radius 3 is 1.93 bits per heavy atom. The van der Waals surface area contributed by atoms with Crippen molar-refractivity contribution in [2.75, 3.05) is 86.0 Å². The highest BCUT2D eigenvalue weighted by Crippen LogP contribution is 2.32. The van der Waals surface area contributed by atoms with Crippen LogP contribution in [0.5, 0.6) is 0 Å². The molecule has 1 aliphatic rings. The summed E-state index contributed by atoms with van der Waals surface area (Å²) < 4.78 is 46.8. The van der Waals surface area contributed by atoms with Crippen LogP contribution in [0, 0.1) is 0 Å². The van der Waals surface area contributed by atoms with Gasteiger partial charge >= 0.3 is 8.80 Å². The maximum atomic E-state index is 13.9. The molecule has 0 radical (unpaired) electrons. The van der Waals surface area contributed by atoms with Crippen molar-refractivity contribution < 1.29 is 46.6 Å². The average molecular weight is 625 g/mol. The molecule has 1 rings (SSSR count). The zero-order valence-electron chi connectivity index (χ0n) is 26.8. The molecule has 0 aromatic rings. The summed E-state index contributed by atoms with van der Waals surface area (Å²) in [5, 5.41) is 3.05. The second kappa shape index (κ2) is 27.8. The van der Waals surface area contributed by atoms with Gasteiger partial charge in [-0.2, -0.15) is 5.48 Å². The summed E-state index contributed by atoms with van der Waals surface area (Å²) in [6.07, 6.45) is 9.34. The smallest absolute Gasteiger partial charge is 0.377 e. The van der Waals surface area contributed by atoms with Crippen molar-refractivity contribution in [2.24, 2.45) is 0 Å². The summed E-state index contributed by atoms with van der Waals surface area (Å²) in [7, 11) is -3.33. The molecule has 2 unspecified atom stereocenters. The summed E-state index contributed by atoms with van der Waals surface area (Å²) in [6, 6.07) is 0. The van der Waals surface area contributed by atoms with Crippen LogP contribution in [0.3, 0.4) is 0 Å². The largest absolute Gasteiger partial charge is 0.513 e. The molecular weight excluding hydrogens is 564 g/mol. The Morgan fingerprint density at radius 2 is 1.29 bits per heavy atom. The number of ether oxygens (including phenoxy) is 5. The molecule has 2 atom stereocenters. The molecule has 1 heterocycles. The van der Waals surface area contributed by atoms with Gasteiger partial charge in [0.15, 0.2) is 6.23 Å². The van der Waals surface area contributed by atoms with Gasteiger partial charge in [-0.25, -0.2) is 0 Å². The summed E-state index contributed by atoms with van der Waals surface area (Å²) in [6.45, 7) is 12.5. The van der Waals surface area contributed by atoms with Gasteiger partial charge in [-0.15, -0.1) is 0 Å². The number of carbonyl (C=O) groups is 1. The SMILES string of the molecule is CCCCCCCCCCC(C(=O)NC1COCCOCCONCOCCOCCO1)[Si](OCC)(OCC)OCC. The predicted molar refractivity (Wildman–Crippen MR) is 162 cm³/mol. The Labute approximate surface area is 255 Å². The molecule has 0 saturated carbocycles. The van der Waals surface area contributed by atoms with E-state index in [4.69, 9.17) is 41.8 Å². The minimum atomic E-state index is -3.33. The van der Waals surface area contributed by atoms with Crippen molar-refractivity contribution in [3.63, 3.8) is 0 Å². The third-order valence-electron chi connectivity index (χ3n) is 6.58. The molecule has 13 heteroatoms. The van der Waals surface area contributed by atoms with Crippen LogP contribution in [0.1, 0.15) is 85.5 Å². The molecule has 2 N–H and O–H groups in total. The van der Waals surface area contributed by atoms with Crippen molar-refractivity contribution in [1.82, 2.24) is 10.8 Å². The molecule has 0 aliphatic carbocycles. The predicted octanol–water partition coefficient (Wildman–Crippen LogP) is 3.95. The Hall–Kier alpha value is -0.713. The highest BCUT2D eigenvalue weighted by molar-refractivity contribution is 6.66. The monoisotopic (exact) mass is 624 g/mol. The standard InChI is InChI=1S/C29H60N2O10Si/c1-5-9-10-11-12-13-14-15-16-27(42(39-6-2,40-7-3)41-8-4)29(32)31-28-25-35-19-17-34-22-24-38-30-26-36-20-18-33-21-23-37-28/h27-28,30H,5-26H2,1-4H3,(H,31,32). The summed E-state index contributed by atoms with van der Waals surface area (Å²) in [5.74, 6) is -0.203. The maximum absolute atomic E-state index is 13.9. The first-order valence-corrected chi connectivity index (χ1v) is 17.9. The molecular formula is C29H60N2O10Si. The number of nitrogens with one attached hydrogen (secondary N) is 2.